The van der Waals surface area contributed by atoms with Gasteiger partial charge in [-0.2, -0.15) is 0 Å². The van der Waals surface area contributed by atoms with E-state index in [1.807, 2.05) is 13.8 Å². The van der Waals surface area contributed by atoms with E-state index in [1.54, 1.807) is 12.1 Å². The van der Waals surface area contributed by atoms with Crippen LogP contribution in [0.15, 0.2) is 22.7 Å². The second kappa shape index (κ2) is 5.49. The van der Waals surface area contributed by atoms with E-state index in [0.29, 0.717) is 13.0 Å². The summed E-state index contributed by atoms with van der Waals surface area (Å²) in [4.78, 5) is 0. The molecule has 3 nitrogen and oxygen atoms in total. The van der Waals surface area contributed by atoms with Gasteiger partial charge in [-0.3, -0.25) is 5.41 Å². The fourth-order valence-corrected chi connectivity index (χ4v) is 1.48. The maximum absolute atomic E-state index is 13.3. The molecule has 5 heteroatoms. The first-order chi connectivity index (χ1) is 7.83. The molecule has 0 saturated heterocycles. The highest BCUT2D eigenvalue weighted by molar-refractivity contribution is 9.10. The first kappa shape index (κ1) is 14.0. The van der Waals surface area contributed by atoms with Crippen molar-refractivity contribution in [2.75, 3.05) is 6.61 Å². The number of hydrogen-bond acceptors (Lipinski definition) is 2. The molecule has 0 aromatic heterocycles. The number of benzene rings is 1. The maximum atomic E-state index is 13.3. The smallest absolute Gasteiger partial charge is 0.165 e. The Morgan fingerprint density at radius 1 is 1.53 bits per heavy atom. The van der Waals surface area contributed by atoms with E-state index in [9.17, 15) is 4.39 Å². The molecule has 0 bridgehead atoms. The molecule has 0 unspecified atom stereocenters. The Balaban J connectivity index is 2.57. The van der Waals surface area contributed by atoms with Gasteiger partial charge < -0.3 is 10.5 Å². The fourth-order valence-electron chi connectivity index (χ4n) is 1.14. The molecule has 0 aliphatic rings. The zero-order valence-corrected chi connectivity index (χ0v) is 11.5. The lowest BCUT2D eigenvalue weighted by Crippen LogP contribution is -2.32. The van der Waals surface area contributed by atoms with Gasteiger partial charge in [0.2, 0.25) is 0 Å². The summed E-state index contributed by atoms with van der Waals surface area (Å²) in [6, 6.07) is 4.54. The maximum Gasteiger partial charge on any atom is 0.165 e. The van der Waals surface area contributed by atoms with Crippen molar-refractivity contribution in [3.05, 3.63) is 28.5 Å². The average Bonchev–Trinajstić information content (AvgIpc) is 2.22. The SMILES string of the molecule is CC(C)(CCOc1cc(Br)ccc1F)C(=N)N. The molecular weight excluding hydrogens is 287 g/mol. The fraction of sp³-hybridized carbons (Fsp3) is 0.417. The van der Waals surface area contributed by atoms with Gasteiger partial charge in [0.25, 0.3) is 0 Å². The summed E-state index contributed by atoms with van der Waals surface area (Å²) in [5, 5.41) is 7.40. The van der Waals surface area contributed by atoms with Crippen molar-refractivity contribution >= 4 is 21.8 Å². The van der Waals surface area contributed by atoms with Crippen molar-refractivity contribution in [1.29, 1.82) is 5.41 Å². The summed E-state index contributed by atoms with van der Waals surface area (Å²) >= 11 is 3.25. The largest absolute Gasteiger partial charge is 0.490 e. The standard InChI is InChI=1S/C12H16BrFN2O/c1-12(2,11(15)16)5-6-17-10-7-8(13)3-4-9(10)14/h3-4,7H,5-6H2,1-2H3,(H3,15,16). The highest BCUT2D eigenvalue weighted by atomic mass is 79.9. The van der Waals surface area contributed by atoms with Gasteiger partial charge in [0.15, 0.2) is 11.6 Å². The molecule has 1 rings (SSSR count). The summed E-state index contributed by atoms with van der Waals surface area (Å²) in [6.45, 7) is 4.03. The number of nitrogens with one attached hydrogen (secondary N) is 1. The average molecular weight is 303 g/mol. The molecule has 3 N–H and O–H groups in total. The normalized spacial score (nSPS) is 11.3. The van der Waals surface area contributed by atoms with E-state index in [1.165, 1.54) is 6.07 Å². The van der Waals surface area contributed by atoms with Crippen LogP contribution in [0.2, 0.25) is 0 Å². The van der Waals surface area contributed by atoms with Crippen LogP contribution in [0.4, 0.5) is 4.39 Å². The number of nitrogens with two attached hydrogens (primary N) is 1. The van der Waals surface area contributed by atoms with E-state index >= 15 is 0 Å². The minimum Gasteiger partial charge on any atom is -0.490 e. The minimum atomic E-state index is -0.428. The first-order valence-electron chi connectivity index (χ1n) is 5.25. The van der Waals surface area contributed by atoms with Gasteiger partial charge >= 0.3 is 0 Å². The second-order valence-electron chi connectivity index (χ2n) is 4.47. The summed E-state index contributed by atoms with van der Waals surface area (Å²) in [5.41, 5.74) is 5.02. The second-order valence-corrected chi connectivity index (χ2v) is 5.39. The van der Waals surface area contributed by atoms with Crippen LogP contribution < -0.4 is 10.5 Å². The van der Waals surface area contributed by atoms with Crippen LogP contribution in [0.25, 0.3) is 0 Å². The molecule has 0 atom stereocenters. The molecule has 0 aliphatic carbocycles. The van der Waals surface area contributed by atoms with Gasteiger partial charge in [-0.05, 0) is 24.6 Å². The molecule has 0 amide bonds. The topological polar surface area (TPSA) is 59.1 Å². The summed E-state index contributed by atoms with van der Waals surface area (Å²) < 4.78 is 19.4. The number of ether oxygens (including phenoxy) is 1. The van der Waals surface area contributed by atoms with Gasteiger partial charge in [-0.15, -0.1) is 0 Å². The summed E-state index contributed by atoms with van der Waals surface area (Å²) in [7, 11) is 0. The predicted molar refractivity (Wildman–Crippen MR) is 69.9 cm³/mol. The molecule has 1 aromatic rings. The van der Waals surface area contributed by atoms with Crippen molar-refractivity contribution in [2.45, 2.75) is 20.3 Å². The van der Waals surface area contributed by atoms with Crippen LogP contribution >= 0.6 is 15.9 Å². The van der Waals surface area contributed by atoms with Crippen molar-refractivity contribution in [3.8, 4) is 5.75 Å². The van der Waals surface area contributed by atoms with Crippen molar-refractivity contribution in [1.82, 2.24) is 0 Å². The molecule has 0 aliphatic heterocycles. The van der Waals surface area contributed by atoms with Gasteiger partial charge in [0.1, 0.15) is 0 Å². The lowest BCUT2D eigenvalue weighted by molar-refractivity contribution is 0.258. The molecule has 0 spiro atoms. The van der Waals surface area contributed by atoms with Gasteiger partial charge in [0.05, 0.1) is 12.4 Å². The van der Waals surface area contributed by atoms with Gasteiger partial charge in [-0.1, -0.05) is 29.8 Å². The number of amidine groups is 1. The number of halogens is 2. The van der Waals surface area contributed by atoms with Crippen LogP contribution in [0.3, 0.4) is 0 Å². The lowest BCUT2D eigenvalue weighted by atomic mass is 9.88. The van der Waals surface area contributed by atoms with E-state index in [2.05, 4.69) is 15.9 Å². The third-order valence-corrected chi connectivity index (χ3v) is 3.10. The highest BCUT2D eigenvalue weighted by Crippen LogP contribution is 2.24. The Morgan fingerprint density at radius 2 is 2.18 bits per heavy atom. The van der Waals surface area contributed by atoms with Crippen LogP contribution in [0, 0.1) is 16.6 Å². The predicted octanol–water partition coefficient (Wildman–Crippen LogP) is 3.32. The van der Waals surface area contributed by atoms with E-state index in [0.717, 1.165) is 4.47 Å². The molecule has 0 radical (unpaired) electrons. The Hall–Kier alpha value is -1.10. The molecule has 0 saturated carbocycles. The third-order valence-electron chi connectivity index (χ3n) is 2.61. The zero-order chi connectivity index (χ0) is 13.1. The van der Waals surface area contributed by atoms with Crippen LogP contribution in [-0.2, 0) is 0 Å². The molecule has 0 fully saturated rings. The van der Waals surface area contributed by atoms with Crippen LogP contribution in [-0.4, -0.2) is 12.4 Å². The lowest BCUT2D eigenvalue weighted by Gasteiger charge is -2.22. The summed E-state index contributed by atoms with van der Waals surface area (Å²) in [6.07, 6.45) is 0.564. The number of rotatable bonds is 5. The first-order valence-corrected chi connectivity index (χ1v) is 6.04. The van der Waals surface area contributed by atoms with Crippen molar-refractivity contribution in [2.24, 2.45) is 11.1 Å². The monoisotopic (exact) mass is 302 g/mol. The van der Waals surface area contributed by atoms with Crippen molar-refractivity contribution < 1.29 is 9.13 Å². The molecule has 17 heavy (non-hydrogen) atoms. The third kappa shape index (κ3) is 4.00. The molecule has 0 heterocycles. The zero-order valence-electron chi connectivity index (χ0n) is 9.89. The Labute approximate surface area is 109 Å². The van der Waals surface area contributed by atoms with Gasteiger partial charge in [-0.25, -0.2) is 4.39 Å². The van der Waals surface area contributed by atoms with Crippen molar-refractivity contribution in [3.63, 3.8) is 0 Å². The molecular formula is C12H16BrFN2O. The quantitative estimate of drug-likeness (QED) is 0.647. The van der Waals surface area contributed by atoms with Crippen LogP contribution in [0.5, 0.6) is 5.75 Å². The molecule has 94 valence electrons. The Bertz CT molecular complexity index is 421. The highest BCUT2D eigenvalue weighted by Gasteiger charge is 2.21. The van der Waals surface area contributed by atoms with Crippen LogP contribution in [0.1, 0.15) is 20.3 Å². The molecule has 1 aromatic carbocycles. The van der Waals surface area contributed by atoms with E-state index in [-0.39, 0.29) is 11.6 Å². The number of hydrogen-bond donors (Lipinski definition) is 2. The minimum absolute atomic E-state index is 0.107. The summed E-state index contributed by atoms with van der Waals surface area (Å²) in [5.74, 6) is -0.0802. The Kier molecular flexibility index (Phi) is 4.51. The van der Waals surface area contributed by atoms with E-state index < -0.39 is 11.2 Å². The van der Waals surface area contributed by atoms with Gasteiger partial charge in [0, 0.05) is 9.89 Å². The van der Waals surface area contributed by atoms with E-state index in [4.69, 9.17) is 15.9 Å². The Morgan fingerprint density at radius 3 is 2.76 bits per heavy atom.